The molecule has 1 aliphatic rings. The normalized spacial score (nSPS) is 14.2. The second-order valence-corrected chi connectivity index (χ2v) is 8.21. The highest BCUT2D eigenvalue weighted by Crippen LogP contribution is 2.21. The predicted octanol–water partition coefficient (Wildman–Crippen LogP) is 1.05. The Kier molecular flexibility index (Phi) is 7.04. The first kappa shape index (κ1) is 23.2. The maximum absolute atomic E-state index is 12.6. The molecule has 176 valence electrons. The molecule has 3 heterocycles. The summed E-state index contributed by atoms with van der Waals surface area (Å²) >= 11 is 0. The van der Waals surface area contributed by atoms with E-state index in [2.05, 4.69) is 26.1 Å². The standard InChI is InChI=1S/C24H27N7O3/c1-3-17-4-7-22(26-15-17)30-10-8-19(9-11-30)29(2)23(32)16-34-13-12-31-21-14-18(24(25)33)5-6-20(21)27-28-31/h1,4-7,14-15,19H,8-13,16H2,2H3,(H2,25,33). The van der Waals surface area contributed by atoms with Gasteiger partial charge in [0.2, 0.25) is 11.8 Å². The number of hydrogen-bond acceptors (Lipinski definition) is 7. The fourth-order valence-electron chi connectivity index (χ4n) is 4.04. The molecule has 2 aromatic heterocycles. The minimum Gasteiger partial charge on any atom is -0.370 e. The fourth-order valence-corrected chi connectivity index (χ4v) is 4.04. The van der Waals surface area contributed by atoms with E-state index in [4.69, 9.17) is 16.9 Å². The Balaban J connectivity index is 1.22. The highest BCUT2D eigenvalue weighted by molar-refractivity contribution is 5.96. The van der Waals surface area contributed by atoms with Gasteiger partial charge in [0.15, 0.2) is 0 Å². The van der Waals surface area contributed by atoms with Crippen LogP contribution in [0.15, 0.2) is 36.5 Å². The fraction of sp³-hybridized carbons (Fsp3) is 0.375. The molecule has 10 nitrogen and oxygen atoms in total. The number of primary amides is 1. The van der Waals surface area contributed by atoms with Crippen LogP contribution in [0, 0.1) is 12.3 Å². The van der Waals surface area contributed by atoms with Crippen molar-refractivity contribution < 1.29 is 14.3 Å². The summed E-state index contributed by atoms with van der Waals surface area (Å²) in [5.41, 5.74) is 7.85. The zero-order valence-corrected chi connectivity index (χ0v) is 19.1. The summed E-state index contributed by atoms with van der Waals surface area (Å²) in [5, 5.41) is 8.15. The van der Waals surface area contributed by atoms with Crippen molar-refractivity contribution in [1.82, 2.24) is 24.9 Å². The van der Waals surface area contributed by atoms with Gasteiger partial charge in [-0.05, 0) is 43.2 Å². The second-order valence-electron chi connectivity index (χ2n) is 8.21. The van der Waals surface area contributed by atoms with E-state index in [0.29, 0.717) is 23.1 Å². The number of piperidine rings is 1. The number of nitrogens with two attached hydrogens (primary N) is 1. The predicted molar refractivity (Wildman–Crippen MR) is 127 cm³/mol. The van der Waals surface area contributed by atoms with Crippen molar-refractivity contribution >= 4 is 28.7 Å². The molecule has 4 rings (SSSR count). The quantitative estimate of drug-likeness (QED) is 0.393. The minimum atomic E-state index is -0.511. The van der Waals surface area contributed by atoms with Gasteiger partial charge in [-0.1, -0.05) is 11.1 Å². The van der Waals surface area contributed by atoms with E-state index in [1.165, 1.54) is 0 Å². The molecule has 3 aromatic rings. The number of ether oxygens (including phenoxy) is 1. The van der Waals surface area contributed by atoms with Gasteiger partial charge in [0.1, 0.15) is 17.9 Å². The van der Waals surface area contributed by atoms with Gasteiger partial charge >= 0.3 is 0 Å². The van der Waals surface area contributed by atoms with Crippen LogP contribution in [0.4, 0.5) is 5.82 Å². The number of terminal acetylenes is 1. The van der Waals surface area contributed by atoms with Crippen molar-refractivity contribution in [3.05, 3.63) is 47.7 Å². The number of carbonyl (C=O) groups is 2. The van der Waals surface area contributed by atoms with E-state index < -0.39 is 5.91 Å². The molecule has 2 N–H and O–H groups in total. The molecule has 34 heavy (non-hydrogen) atoms. The number of hydrogen-bond donors (Lipinski definition) is 1. The number of amides is 2. The number of anilines is 1. The number of aromatic nitrogens is 4. The summed E-state index contributed by atoms with van der Waals surface area (Å²) in [5.74, 6) is 2.90. The maximum atomic E-state index is 12.6. The topological polar surface area (TPSA) is 119 Å². The van der Waals surface area contributed by atoms with Gasteiger partial charge in [-0.25, -0.2) is 9.67 Å². The Morgan fingerprint density at radius 2 is 2.06 bits per heavy atom. The summed E-state index contributed by atoms with van der Waals surface area (Å²) in [6, 6.07) is 8.95. The molecule has 0 atom stereocenters. The third-order valence-corrected chi connectivity index (χ3v) is 6.12. The maximum Gasteiger partial charge on any atom is 0.248 e. The average Bonchev–Trinajstić information content (AvgIpc) is 3.28. The first-order valence-electron chi connectivity index (χ1n) is 11.1. The Bertz CT molecular complexity index is 1210. The minimum absolute atomic E-state index is 0.00894. The number of benzene rings is 1. The number of fused-ring (bicyclic) bond motifs is 1. The molecule has 0 bridgehead atoms. The molecule has 0 spiro atoms. The Morgan fingerprint density at radius 3 is 2.74 bits per heavy atom. The first-order valence-corrected chi connectivity index (χ1v) is 11.1. The number of carbonyl (C=O) groups excluding carboxylic acids is 2. The van der Waals surface area contributed by atoms with Crippen LogP contribution in [0.1, 0.15) is 28.8 Å². The van der Waals surface area contributed by atoms with Crippen LogP contribution in [0.25, 0.3) is 11.0 Å². The lowest BCUT2D eigenvalue weighted by atomic mass is 10.0. The van der Waals surface area contributed by atoms with Crippen LogP contribution >= 0.6 is 0 Å². The Morgan fingerprint density at radius 1 is 1.26 bits per heavy atom. The molecule has 1 aliphatic heterocycles. The Hall–Kier alpha value is -3.97. The number of likely N-dealkylation sites (N-methyl/N-ethyl adjacent to an activating group) is 1. The van der Waals surface area contributed by atoms with Crippen LogP contribution < -0.4 is 10.6 Å². The molecule has 1 saturated heterocycles. The molecule has 2 amide bonds. The van der Waals surface area contributed by atoms with E-state index in [-0.39, 0.29) is 25.2 Å². The monoisotopic (exact) mass is 461 g/mol. The van der Waals surface area contributed by atoms with Crippen LogP contribution in [0.2, 0.25) is 0 Å². The molecule has 0 unspecified atom stereocenters. The lowest BCUT2D eigenvalue weighted by Crippen LogP contribution is -2.46. The van der Waals surface area contributed by atoms with Crippen LogP contribution in [-0.2, 0) is 16.1 Å². The third kappa shape index (κ3) is 5.15. The van der Waals surface area contributed by atoms with Crippen LogP contribution in [-0.4, -0.2) is 76.1 Å². The summed E-state index contributed by atoms with van der Waals surface area (Å²) in [6.07, 6.45) is 8.80. The first-order chi connectivity index (χ1) is 16.5. The number of rotatable bonds is 8. The van der Waals surface area contributed by atoms with Crippen molar-refractivity contribution in [2.45, 2.75) is 25.4 Å². The van der Waals surface area contributed by atoms with Gasteiger partial charge in [0.25, 0.3) is 0 Å². The molecule has 0 saturated carbocycles. The third-order valence-electron chi connectivity index (χ3n) is 6.12. The second kappa shape index (κ2) is 10.3. The van der Waals surface area contributed by atoms with Gasteiger partial charge < -0.3 is 20.3 Å². The van der Waals surface area contributed by atoms with Crippen LogP contribution in [0.5, 0.6) is 0 Å². The van der Waals surface area contributed by atoms with Gasteiger partial charge in [-0.2, -0.15) is 0 Å². The average molecular weight is 462 g/mol. The van der Waals surface area contributed by atoms with Crippen molar-refractivity contribution in [2.24, 2.45) is 5.73 Å². The summed E-state index contributed by atoms with van der Waals surface area (Å²) in [7, 11) is 1.82. The van der Waals surface area contributed by atoms with Gasteiger partial charge in [-0.15, -0.1) is 11.5 Å². The largest absolute Gasteiger partial charge is 0.370 e. The van der Waals surface area contributed by atoms with E-state index in [1.807, 2.05) is 19.2 Å². The van der Waals surface area contributed by atoms with Crippen LogP contribution in [0.3, 0.4) is 0 Å². The van der Waals surface area contributed by atoms with Crippen molar-refractivity contribution in [2.75, 3.05) is 38.3 Å². The molecule has 0 radical (unpaired) electrons. The van der Waals surface area contributed by atoms with Gasteiger partial charge in [0.05, 0.1) is 18.7 Å². The highest BCUT2D eigenvalue weighted by Gasteiger charge is 2.26. The lowest BCUT2D eigenvalue weighted by Gasteiger charge is -2.37. The molecule has 1 aromatic carbocycles. The molecular formula is C24H27N7O3. The van der Waals surface area contributed by atoms with E-state index in [0.717, 1.165) is 37.3 Å². The molecular weight excluding hydrogens is 434 g/mol. The van der Waals surface area contributed by atoms with Crippen molar-refractivity contribution in [3.63, 3.8) is 0 Å². The van der Waals surface area contributed by atoms with Gasteiger partial charge in [0, 0.05) is 43.5 Å². The van der Waals surface area contributed by atoms with Crippen molar-refractivity contribution in [1.29, 1.82) is 0 Å². The SMILES string of the molecule is C#Cc1ccc(N2CCC(N(C)C(=O)COCCn3nnc4ccc(C(N)=O)cc43)CC2)nc1. The lowest BCUT2D eigenvalue weighted by molar-refractivity contribution is -0.137. The summed E-state index contributed by atoms with van der Waals surface area (Å²) < 4.78 is 7.25. The molecule has 0 aliphatic carbocycles. The van der Waals surface area contributed by atoms with E-state index >= 15 is 0 Å². The zero-order chi connectivity index (χ0) is 24.1. The number of pyridine rings is 1. The molecule has 1 fully saturated rings. The highest BCUT2D eigenvalue weighted by atomic mass is 16.5. The van der Waals surface area contributed by atoms with E-state index in [9.17, 15) is 9.59 Å². The Labute approximate surface area is 197 Å². The zero-order valence-electron chi connectivity index (χ0n) is 19.1. The molecule has 10 heteroatoms. The van der Waals surface area contributed by atoms with Crippen molar-refractivity contribution in [3.8, 4) is 12.3 Å². The van der Waals surface area contributed by atoms with Gasteiger partial charge in [-0.3, -0.25) is 9.59 Å². The summed E-state index contributed by atoms with van der Waals surface area (Å²) in [6.45, 7) is 2.32. The summed E-state index contributed by atoms with van der Waals surface area (Å²) in [4.78, 5) is 32.5. The smallest absolute Gasteiger partial charge is 0.248 e. The van der Waals surface area contributed by atoms with E-state index in [1.54, 1.807) is 34.0 Å². The number of nitrogens with zero attached hydrogens (tertiary/aromatic N) is 6.